The normalized spacial score (nSPS) is 18.4. The van der Waals surface area contributed by atoms with Crippen molar-refractivity contribution >= 4 is 47.6 Å². The predicted octanol–water partition coefficient (Wildman–Crippen LogP) is 3.01. The molecule has 0 unspecified atom stereocenters. The smallest absolute Gasteiger partial charge is 0.243 e. The van der Waals surface area contributed by atoms with E-state index in [2.05, 4.69) is 36.6 Å². The molecule has 0 saturated heterocycles. The maximum absolute atomic E-state index is 12.4. The van der Waals surface area contributed by atoms with E-state index in [1.54, 1.807) is 12.1 Å². The average molecular weight is 398 g/mol. The van der Waals surface area contributed by atoms with Gasteiger partial charge < -0.3 is 5.73 Å². The van der Waals surface area contributed by atoms with Crippen LogP contribution in [-0.2, 0) is 10.0 Å². The van der Waals surface area contributed by atoms with Crippen molar-refractivity contribution in [2.45, 2.75) is 36.6 Å². The molecule has 0 bridgehead atoms. The summed E-state index contributed by atoms with van der Waals surface area (Å²) < 4.78 is 28.4. The van der Waals surface area contributed by atoms with Gasteiger partial charge in [-0.25, -0.2) is 13.1 Å². The van der Waals surface area contributed by atoms with E-state index in [1.807, 2.05) is 6.92 Å². The largest absolute Gasteiger partial charge is 0.399 e. The van der Waals surface area contributed by atoms with Crippen LogP contribution in [0.2, 0.25) is 0 Å². The minimum Gasteiger partial charge on any atom is -0.399 e. The molecule has 1 saturated carbocycles. The van der Waals surface area contributed by atoms with Crippen molar-refractivity contribution in [3.8, 4) is 0 Å². The molecule has 1 aliphatic carbocycles. The molecular weight excluding hydrogens is 384 g/mol. The number of halogens is 2. The fourth-order valence-corrected chi connectivity index (χ4v) is 6.11. The summed E-state index contributed by atoms with van der Waals surface area (Å²) in [6.45, 7) is 1.92. The Hall–Kier alpha value is -0.110. The zero-order valence-electron chi connectivity index (χ0n) is 9.83. The van der Waals surface area contributed by atoms with Crippen LogP contribution in [0.4, 0.5) is 5.69 Å². The topological polar surface area (TPSA) is 72.2 Å². The van der Waals surface area contributed by atoms with Crippen molar-refractivity contribution in [3.05, 3.63) is 21.1 Å². The van der Waals surface area contributed by atoms with Crippen molar-refractivity contribution in [2.24, 2.45) is 0 Å². The van der Waals surface area contributed by atoms with Gasteiger partial charge in [-0.15, -0.1) is 0 Å². The monoisotopic (exact) mass is 396 g/mol. The Kier molecular flexibility index (Phi) is 3.79. The standard InChI is InChI=1S/C11H14Br2N2O2S/c1-11(3-2-4-11)15-18(16,17)10-8(12)5-7(14)6-9(10)13/h5-6,15H,2-4,14H2,1H3. The van der Waals surface area contributed by atoms with Gasteiger partial charge in [0.2, 0.25) is 10.0 Å². The molecule has 2 rings (SSSR count). The second kappa shape index (κ2) is 4.77. The van der Waals surface area contributed by atoms with Gasteiger partial charge in [-0.1, -0.05) is 0 Å². The summed E-state index contributed by atoms with van der Waals surface area (Å²) in [5, 5.41) is 0. The van der Waals surface area contributed by atoms with Crippen LogP contribution in [0, 0.1) is 0 Å². The molecule has 7 heteroatoms. The maximum atomic E-state index is 12.4. The van der Waals surface area contributed by atoms with E-state index >= 15 is 0 Å². The average Bonchev–Trinajstić information content (AvgIpc) is 2.11. The highest BCUT2D eigenvalue weighted by molar-refractivity contribution is 9.11. The molecule has 1 aromatic rings. The van der Waals surface area contributed by atoms with Crippen molar-refractivity contribution in [3.63, 3.8) is 0 Å². The first kappa shape index (κ1) is 14.3. The zero-order chi connectivity index (χ0) is 13.6. The van der Waals surface area contributed by atoms with E-state index in [0.29, 0.717) is 14.6 Å². The molecule has 1 aromatic carbocycles. The van der Waals surface area contributed by atoms with Crippen LogP contribution in [0.5, 0.6) is 0 Å². The summed E-state index contributed by atoms with van der Waals surface area (Å²) in [4.78, 5) is 0.199. The maximum Gasteiger partial charge on any atom is 0.243 e. The van der Waals surface area contributed by atoms with Crippen LogP contribution in [0.15, 0.2) is 26.0 Å². The van der Waals surface area contributed by atoms with Gasteiger partial charge in [0.25, 0.3) is 0 Å². The summed E-state index contributed by atoms with van der Waals surface area (Å²) in [6, 6.07) is 3.17. The molecular formula is C11H14Br2N2O2S. The molecule has 0 spiro atoms. The lowest BCUT2D eigenvalue weighted by Gasteiger charge is -2.38. The fourth-order valence-electron chi connectivity index (χ4n) is 2.02. The molecule has 1 fully saturated rings. The third-order valence-electron chi connectivity index (χ3n) is 3.13. The lowest BCUT2D eigenvalue weighted by atomic mass is 9.80. The number of anilines is 1. The molecule has 0 aliphatic heterocycles. The van der Waals surface area contributed by atoms with Gasteiger partial charge in [0.15, 0.2) is 0 Å². The van der Waals surface area contributed by atoms with E-state index in [0.717, 1.165) is 19.3 Å². The second-order valence-corrected chi connectivity index (χ2v) is 8.16. The van der Waals surface area contributed by atoms with Gasteiger partial charge in [-0.05, 0) is 70.2 Å². The molecule has 0 aromatic heterocycles. The van der Waals surface area contributed by atoms with E-state index in [9.17, 15) is 8.42 Å². The van der Waals surface area contributed by atoms with Gasteiger partial charge >= 0.3 is 0 Å². The number of nitrogen functional groups attached to an aromatic ring is 1. The van der Waals surface area contributed by atoms with Crippen LogP contribution in [0.1, 0.15) is 26.2 Å². The Morgan fingerprint density at radius 1 is 1.28 bits per heavy atom. The molecule has 0 atom stereocenters. The SMILES string of the molecule is CC1(NS(=O)(=O)c2c(Br)cc(N)cc2Br)CCC1. The van der Waals surface area contributed by atoms with Gasteiger partial charge in [-0.3, -0.25) is 0 Å². The van der Waals surface area contributed by atoms with Crippen LogP contribution in [0.3, 0.4) is 0 Å². The number of nitrogens with one attached hydrogen (secondary N) is 1. The van der Waals surface area contributed by atoms with E-state index < -0.39 is 10.0 Å². The number of hydrogen-bond acceptors (Lipinski definition) is 3. The van der Waals surface area contributed by atoms with Gasteiger partial charge in [0.05, 0.1) is 0 Å². The minimum absolute atomic E-state index is 0.199. The van der Waals surface area contributed by atoms with Gasteiger partial charge in [0, 0.05) is 20.2 Å². The van der Waals surface area contributed by atoms with Gasteiger partial charge in [-0.2, -0.15) is 0 Å². The summed E-state index contributed by atoms with van der Waals surface area (Å²) in [6.07, 6.45) is 2.80. The quantitative estimate of drug-likeness (QED) is 0.770. The number of benzene rings is 1. The molecule has 1 aliphatic rings. The summed E-state index contributed by atoms with van der Waals surface area (Å²) >= 11 is 6.50. The van der Waals surface area contributed by atoms with E-state index in [4.69, 9.17) is 5.73 Å². The summed E-state index contributed by atoms with van der Waals surface area (Å²) in [7, 11) is -3.56. The van der Waals surface area contributed by atoms with Crippen molar-refractivity contribution in [1.82, 2.24) is 4.72 Å². The lowest BCUT2D eigenvalue weighted by molar-refractivity contribution is 0.248. The third kappa shape index (κ3) is 2.74. The summed E-state index contributed by atoms with van der Waals surface area (Å²) in [5.74, 6) is 0. The Morgan fingerprint density at radius 3 is 2.17 bits per heavy atom. The highest BCUT2D eigenvalue weighted by atomic mass is 79.9. The van der Waals surface area contributed by atoms with Crippen LogP contribution in [0.25, 0.3) is 0 Å². The first-order chi connectivity index (χ1) is 8.23. The summed E-state index contributed by atoms with van der Waals surface area (Å²) in [5.41, 5.74) is 5.84. The molecule has 0 amide bonds. The molecule has 3 N–H and O–H groups in total. The highest BCUT2D eigenvalue weighted by Crippen LogP contribution is 2.36. The van der Waals surface area contributed by atoms with Crippen molar-refractivity contribution < 1.29 is 8.42 Å². The number of nitrogens with two attached hydrogens (primary N) is 1. The predicted molar refractivity (Wildman–Crippen MR) is 78.8 cm³/mol. The molecule has 100 valence electrons. The Labute approximate surface area is 124 Å². The van der Waals surface area contributed by atoms with Crippen molar-refractivity contribution in [1.29, 1.82) is 0 Å². The second-order valence-electron chi connectivity index (χ2n) is 4.83. The zero-order valence-corrected chi connectivity index (χ0v) is 13.8. The Bertz CT molecular complexity index is 560. The van der Waals surface area contributed by atoms with Crippen LogP contribution < -0.4 is 10.5 Å². The number of rotatable bonds is 3. The molecule has 0 radical (unpaired) electrons. The van der Waals surface area contributed by atoms with E-state index in [1.165, 1.54) is 0 Å². The van der Waals surface area contributed by atoms with Crippen molar-refractivity contribution in [2.75, 3.05) is 5.73 Å². The minimum atomic E-state index is -3.56. The molecule has 4 nitrogen and oxygen atoms in total. The third-order valence-corrected chi connectivity index (χ3v) is 6.64. The van der Waals surface area contributed by atoms with E-state index in [-0.39, 0.29) is 10.4 Å². The molecule has 18 heavy (non-hydrogen) atoms. The van der Waals surface area contributed by atoms with Crippen LogP contribution >= 0.6 is 31.9 Å². The van der Waals surface area contributed by atoms with Crippen LogP contribution in [-0.4, -0.2) is 14.0 Å². The van der Waals surface area contributed by atoms with Gasteiger partial charge in [0.1, 0.15) is 4.90 Å². The number of hydrogen-bond donors (Lipinski definition) is 2. The fraction of sp³-hybridized carbons (Fsp3) is 0.455. The molecule has 0 heterocycles. The Morgan fingerprint density at radius 2 is 1.78 bits per heavy atom. The first-order valence-electron chi connectivity index (χ1n) is 5.52. The number of sulfonamides is 1. The lowest BCUT2D eigenvalue weighted by Crippen LogP contribution is -2.50. The highest BCUT2D eigenvalue weighted by Gasteiger charge is 2.37. The Balaban J connectivity index is 2.41. The first-order valence-corrected chi connectivity index (χ1v) is 8.59.